The van der Waals surface area contributed by atoms with Crippen LogP contribution in [0.5, 0.6) is 11.5 Å². The van der Waals surface area contributed by atoms with Gasteiger partial charge in [0.1, 0.15) is 11.5 Å². The van der Waals surface area contributed by atoms with Gasteiger partial charge in [-0.2, -0.15) is 0 Å². The van der Waals surface area contributed by atoms with E-state index < -0.39 is 0 Å². The molecule has 0 aromatic heterocycles. The van der Waals surface area contributed by atoms with E-state index in [-0.39, 0.29) is 11.8 Å². The highest BCUT2D eigenvalue weighted by molar-refractivity contribution is 5.99. The van der Waals surface area contributed by atoms with E-state index in [2.05, 4.69) is 25.6 Å². The molecule has 0 saturated heterocycles. The Kier molecular flexibility index (Phi) is 11.8. The molecule has 0 bridgehead atoms. The zero-order chi connectivity index (χ0) is 23.9. The zero-order valence-electron chi connectivity index (χ0n) is 19.9. The maximum Gasteiger partial charge on any atom is 0.330 e. The molecule has 1 fully saturated rings. The molecule has 0 aliphatic heterocycles. The van der Waals surface area contributed by atoms with E-state index in [1.54, 1.807) is 7.11 Å². The summed E-state index contributed by atoms with van der Waals surface area (Å²) in [5.74, 6) is 1.98. The maximum absolute atomic E-state index is 11.6. The number of benzene rings is 2. The van der Waals surface area contributed by atoms with Gasteiger partial charge in [-0.15, -0.1) is 0 Å². The van der Waals surface area contributed by atoms with Crippen LogP contribution in [0.3, 0.4) is 0 Å². The molecule has 33 heavy (non-hydrogen) atoms. The molecule has 0 spiro atoms. The van der Waals surface area contributed by atoms with E-state index in [0.717, 1.165) is 68.6 Å². The number of carbonyl (C=O) groups is 2. The van der Waals surface area contributed by atoms with E-state index in [1.807, 2.05) is 36.4 Å². The van der Waals surface area contributed by atoms with Crippen molar-refractivity contribution in [1.82, 2.24) is 0 Å². The highest BCUT2D eigenvalue weighted by Crippen LogP contribution is 2.32. The molecular formula is C28H36O5. The van der Waals surface area contributed by atoms with Gasteiger partial charge in [0.05, 0.1) is 20.3 Å². The molecule has 3 rings (SSSR count). The van der Waals surface area contributed by atoms with Crippen LogP contribution in [-0.4, -0.2) is 32.1 Å². The molecule has 0 N–H and O–H groups in total. The molecule has 2 aromatic carbocycles. The first-order chi connectivity index (χ1) is 16.0. The number of ketones is 1. The summed E-state index contributed by atoms with van der Waals surface area (Å²) in [5.41, 5.74) is 2.05. The number of ether oxygens (including phenoxy) is 3. The topological polar surface area (TPSA) is 61.8 Å². The third-order valence-corrected chi connectivity index (χ3v) is 5.31. The van der Waals surface area contributed by atoms with Crippen LogP contribution in [0.15, 0.2) is 61.2 Å². The fraction of sp³-hybridized carbons (Fsp3) is 0.429. The fourth-order valence-corrected chi connectivity index (χ4v) is 3.13. The number of esters is 1. The molecule has 0 heterocycles. The Hall–Kier alpha value is -3.08. The van der Waals surface area contributed by atoms with Crippen molar-refractivity contribution in [2.45, 2.75) is 51.9 Å². The lowest BCUT2D eigenvalue weighted by molar-refractivity contribution is -0.137. The van der Waals surface area contributed by atoms with Gasteiger partial charge < -0.3 is 14.2 Å². The van der Waals surface area contributed by atoms with Crippen molar-refractivity contribution in [2.24, 2.45) is 5.92 Å². The van der Waals surface area contributed by atoms with E-state index in [9.17, 15) is 9.59 Å². The van der Waals surface area contributed by atoms with Gasteiger partial charge in [-0.25, -0.2) is 4.79 Å². The maximum atomic E-state index is 11.6. The lowest BCUT2D eigenvalue weighted by atomic mass is 10.1. The number of Topliss-reactive ketones (excluding diaryl/α,β-unsaturated/α-hetero) is 1. The number of hydrogen-bond acceptors (Lipinski definition) is 5. The zero-order valence-corrected chi connectivity index (χ0v) is 19.9. The van der Waals surface area contributed by atoms with E-state index in [4.69, 9.17) is 14.2 Å². The van der Waals surface area contributed by atoms with Gasteiger partial charge >= 0.3 is 5.97 Å². The van der Waals surface area contributed by atoms with Crippen molar-refractivity contribution in [2.75, 3.05) is 20.3 Å². The molecule has 178 valence electrons. The van der Waals surface area contributed by atoms with Gasteiger partial charge in [-0.1, -0.05) is 43.5 Å². The van der Waals surface area contributed by atoms with Gasteiger partial charge in [-0.05, 0) is 69.0 Å². The summed E-state index contributed by atoms with van der Waals surface area (Å²) in [4.78, 5) is 22.4. The van der Waals surface area contributed by atoms with E-state index in [0.29, 0.717) is 12.5 Å². The molecule has 0 unspecified atom stereocenters. The van der Waals surface area contributed by atoms with Gasteiger partial charge in [0.2, 0.25) is 0 Å². The SMILES string of the molecule is C=CC(=O)OCCCCCCCOc1ccc(C)cc1.COc1ccc(C(=O)C2CC2)cc1. The predicted molar refractivity (Wildman–Crippen MR) is 131 cm³/mol. The monoisotopic (exact) mass is 452 g/mol. The number of carbonyl (C=O) groups excluding carboxylic acids is 2. The largest absolute Gasteiger partial charge is 0.497 e. The van der Waals surface area contributed by atoms with Crippen LogP contribution in [0.1, 0.15) is 60.9 Å². The Morgan fingerprint density at radius 1 is 0.879 bits per heavy atom. The van der Waals surface area contributed by atoms with Gasteiger partial charge in [0, 0.05) is 17.6 Å². The smallest absolute Gasteiger partial charge is 0.330 e. The Morgan fingerprint density at radius 2 is 1.45 bits per heavy atom. The third-order valence-electron chi connectivity index (χ3n) is 5.31. The standard InChI is InChI=1S/C17H24O3.C11H12O2/c1-3-17(18)20-14-8-6-4-5-7-13-19-16-11-9-15(2)10-12-16;1-13-10-6-4-9(5-7-10)11(12)8-2-3-8/h3,9-12H,1,4-8,13-14H2,2H3;4-8H,2-3H2,1H3. The first-order valence-corrected chi connectivity index (χ1v) is 11.7. The number of aryl methyl sites for hydroxylation is 1. The lowest BCUT2D eigenvalue weighted by Crippen LogP contribution is -2.01. The van der Waals surface area contributed by atoms with Crippen molar-refractivity contribution < 1.29 is 23.8 Å². The summed E-state index contributed by atoms with van der Waals surface area (Å²) in [7, 11) is 1.62. The molecule has 2 aromatic rings. The third kappa shape index (κ3) is 10.9. The molecule has 0 amide bonds. The van der Waals surface area contributed by atoms with Crippen molar-refractivity contribution in [3.05, 3.63) is 72.3 Å². The van der Waals surface area contributed by atoms with E-state index in [1.165, 1.54) is 11.6 Å². The Labute approximate surface area is 197 Å². The summed E-state index contributed by atoms with van der Waals surface area (Å²) < 4.78 is 15.6. The minimum atomic E-state index is -0.337. The molecule has 0 atom stereocenters. The van der Waals surface area contributed by atoms with Crippen LogP contribution in [0.4, 0.5) is 0 Å². The van der Waals surface area contributed by atoms with Crippen LogP contribution in [0.2, 0.25) is 0 Å². The molecule has 1 aliphatic rings. The molecular weight excluding hydrogens is 416 g/mol. The average Bonchev–Trinajstić information content (AvgIpc) is 3.69. The summed E-state index contributed by atoms with van der Waals surface area (Å²) in [6.45, 7) is 6.67. The molecule has 1 saturated carbocycles. The van der Waals surface area contributed by atoms with Crippen molar-refractivity contribution in [3.63, 3.8) is 0 Å². The summed E-state index contributed by atoms with van der Waals surface area (Å²) >= 11 is 0. The second-order valence-electron chi connectivity index (χ2n) is 8.17. The molecule has 5 nitrogen and oxygen atoms in total. The summed E-state index contributed by atoms with van der Waals surface area (Å²) in [5, 5.41) is 0. The predicted octanol–water partition coefficient (Wildman–Crippen LogP) is 6.34. The van der Waals surface area contributed by atoms with Crippen LogP contribution < -0.4 is 9.47 Å². The van der Waals surface area contributed by atoms with Crippen LogP contribution in [0, 0.1) is 12.8 Å². The van der Waals surface area contributed by atoms with Crippen LogP contribution in [0.25, 0.3) is 0 Å². The summed E-state index contributed by atoms with van der Waals surface area (Å²) in [6, 6.07) is 15.4. The van der Waals surface area contributed by atoms with Gasteiger partial charge in [0.15, 0.2) is 5.78 Å². The van der Waals surface area contributed by atoms with E-state index >= 15 is 0 Å². The second-order valence-corrected chi connectivity index (χ2v) is 8.17. The molecule has 5 heteroatoms. The number of rotatable bonds is 13. The van der Waals surface area contributed by atoms with Crippen LogP contribution >= 0.6 is 0 Å². The molecule has 0 radical (unpaired) electrons. The normalized spacial score (nSPS) is 12.2. The van der Waals surface area contributed by atoms with Crippen molar-refractivity contribution in [1.29, 1.82) is 0 Å². The highest BCUT2D eigenvalue weighted by Gasteiger charge is 2.30. The quantitative estimate of drug-likeness (QED) is 0.154. The average molecular weight is 453 g/mol. The number of hydrogen-bond donors (Lipinski definition) is 0. The van der Waals surface area contributed by atoms with Crippen molar-refractivity contribution in [3.8, 4) is 11.5 Å². The highest BCUT2D eigenvalue weighted by atomic mass is 16.5. The molecule has 1 aliphatic carbocycles. The first-order valence-electron chi connectivity index (χ1n) is 11.7. The van der Waals surface area contributed by atoms with Crippen molar-refractivity contribution >= 4 is 11.8 Å². The van der Waals surface area contributed by atoms with Gasteiger partial charge in [0.25, 0.3) is 0 Å². The fourth-order valence-electron chi connectivity index (χ4n) is 3.13. The Morgan fingerprint density at radius 3 is 2.03 bits per heavy atom. The van der Waals surface area contributed by atoms with Crippen LogP contribution in [-0.2, 0) is 9.53 Å². The summed E-state index contributed by atoms with van der Waals surface area (Å²) in [6.07, 6.45) is 8.65. The Bertz CT molecular complexity index is 851. The Balaban J connectivity index is 0.000000254. The minimum Gasteiger partial charge on any atom is -0.497 e. The first kappa shape index (κ1) is 26.2. The lowest BCUT2D eigenvalue weighted by Gasteiger charge is -2.06. The second kappa shape index (κ2) is 14.9. The number of methoxy groups -OCH3 is 1. The number of unbranched alkanes of at least 4 members (excludes halogenated alkanes) is 4. The minimum absolute atomic E-state index is 0.280. The van der Waals surface area contributed by atoms with Gasteiger partial charge in [-0.3, -0.25) is 4.79 Å².